The van der Waals surface area contributed by atoms with Crippen LogP contribution in [0.2, 0.25) is 0 Å². The molecule has 9 heteroatoms. The smallest absolute Gasteiger partial charge is 0.469 e. The molecule has 0 fully saturated rings. The van der Waals surface area contributed by atoms with Gasteiger partial charge in [-0.3, -0.25) is 4.79 Å². The van der Waals surface area contributed by atoms with E-state index in [2.05, 4.69) is 19.5 Å². The van der Waals surface area contributed by atoms with Crippen LogP contribution in [0.1, 0.15) is 5.56 Å². The van der Waals surface area contributed by atoms with Gasteiger partial charge < -0.3 is 9.47 Å². The molecule has 108 valence electrons. The van der Waals surface area contributed by atoms with Gasteiger partial charge in [-0.1, -0.05) is 17.2 Å². The zero-order valence-electron chi connectivity index (χ0n) is 10.3. The Bertz CT molecular complexity index is 510. The summed E-state index contributed by atoms with van der Waals surface area (Å²) in [4.78, 5) is 13.8. The summed E-state index contributed by atoms with van der Waals surface area (Å²) in [5, 5.41) is 3.27. The van der Waals surface area contributed by atoms with E-state index >= 15 is 0 Å². The molecular weight excluding hydrogens is 279 g/mol. The minimum absolute atomic E-state index is 0.0169. The van der Waals surface area contributed by atoms with Crippen molar-refractivity contribution in [3.63, 3.8) is 0 Å². The third-order valence-corrected chi connectivity index (χ3v) is 2.25. The van der Waals surface area contributed by atoms with Crippen LogP contribution >= 0.6 is 0 Å². The molecule has 1 unspecified atom stereocenters. The van der Waals surface area contributed by atoms with Gasteiger partial charge in [0.25, 0.3) is 0 Å². The van der Waals surface area contributed by atoms with Gasteiger partial charge in [-0.05, 0) is 29.6 Å². The largest absolute Gasteiger partial charge is 0.573 e. The second-order valence-electron chi connectivity index (χ2n) is 3.64. The van der Waals surface area contributed by atoms with E-state index in [0.717, 1.165) is 19.2 Å². The number of esters is 1. The van der Waals surface area contributed by atoms with Gasteiger partial charge in [0.05, 0.1) is 7.11 Å². The number of carbonyl (C=O) groups is 1. The Morgan fingerprint density at radius 2 is 2.00 bits per heavy atom. The summed E-state index contributed by atoms with van der Waals surface area (Å²) >= 11 is 0. The lowest BCUT2D eigenvalue weighted by Crippen LogP contribution is -2.22. The molecule has 0 aliphatic rings. The van der Waals surface area contributed by atoms with Crippen LogP contribution in [0.3, 0.4) is 0 Å². The van der Waals surface area contributed by atoms with Gasteiger partial charge in [0.15, 0.2) is 0 Å². The molecule has 0 saturated carbocycles. The van der Waals surface area contributed by atoms with Gasteiger partial charge >= 0.3 is 12.3 Å². The van der Waals surface area contributed by atoms with E-state index in [0.29, 0.717) is 5.56 Å². The van der Waals surface area contributed by atoms with Crippen molar-refractivity contribution in [1.82, 2.24) is 0 Å². The van der Waals surface area contributed by atoms with Crippen molar-refractivity contribution in [2.75, 3.05) is 7.11 Å². The number of azide groups is 1. The minimum atomic E-state index is -4.76. The van der Waals surface area contributed by atoms with Crippen LogP contribution in [-0.4, -0.2) is 25.5 Å². The maximum atomic E-state index is 12.0. The van der Waals surface area contributed by atoms with E-state index in [4.69, 9.17) is 5.53 Å². The third-order valence-electron chi connectivity index (χ3n) is 2.25. The number of rotatable bonds is 5. The molecule has 1 atom stereocenters. The first-order valence-corrected chi connectivity index (χ1v) is 5.32. The highest BCUT2D eigenvalue weighted by atomic mass is 19.4. The average Bonchev–Trinajstić information content (AvgIpc) is 2.38. The summed E-state index contributed by atoms with van der Waals surface area (Å²) < 4.78 is 44.1. The first kappa shape index (κ1) is 15.6. The number of ether oxygens (including phenoxy) is 2. The van der Waals surface area contributed by atoms with Crippen LogP contribution in [0.25, 0.3) is 10.4 Å². The number of hydrogen-bond donors (Lipinski definition) is 0. The minimum Gasteiger partial charge on any atom is -0.469 e. The zero-order chi connectivity index (χ0) is 15.2. The molecule has 6 nitrogen and oxygen atoms in total. The molecular formula is C11H10F3N3O3. The highest BCUT2D eigenvalue weighted by Gasteiger charge is 2.31. The normalized spacial score (nSPS) is 12.2. The number of benzene rings is 1. The zero-order valence-corrected chi connectivity index (χ0v) is 10.3. The molecule has 1 rings (SSSR count). The number of carbonyl (C=O) groups excluding carboxylic acids is 1. The van der Waals surface area contributed by atoms with Crippen LogP contribution in [0.4, 0.5) is 13.2 Å². The van der Waals surface area contributed by atoms with E-state index in [-0.39, 0.29) is 12.2 Å². The van der Waals surface area contributed by atoms with Crippen LogP contribution < -0.4 is 4.74 Å². The molecule has 0 spiro atoms. The molecule has 0 aliphatic heterocycles. The van der Waals surface area contributed by atoms with Gasteiger partial charge in [0.1, 0.15) is 11.8 Å². The highest BCUT2D eigenvalue weighted by Crippen LogP contribution is 2.23. The molecule has 0 heterocycles. The Labute approximate surface area is 111 Å². The predicted molar refractivity (Wildman–Crippen MR) is 61.8 cm³/mol. The fourth-order valence-corrected chi connectivity index (χ4v) is 1.42. The molecule has 0 amide bonds. The Balaban J connectivity index is 2.77. The van der Waals surface area contributed by atoms with Crippen molar-refractivity contribution in [2.45, 2.75) is 18.8 Å². The fraction of sp³-hybridized carbons (Fsp3) is 0.364. The highest BCUT2D eigenvalue weighted by molar-refractivity contribution is 5.76. The summed E-state index contributed by atoms with van der Waals surface area (Å²) in [6.07, 6.45) is -4.75. The second kappa shape index (κ2) is 6.67. The Morgan fingerprint density at radius 1 is 1.40 bits per heavy atom. The Kier molecular flexibility index (Phi) is 5.22. The number of alkyl halides is 3. The third kappa shape index (κ3) is 5.07. The lowest BCUT2D eigenvalue weighted by Gasteiger charge is -2.11. The number of methoxy groups -OCH3 is 1. The van der Waals surface area contributed by atoms with Crippen molar-refractivity contribution in [3.8, 4) is 5.75 Å². The van der Waals surface area contributed by atoms with Crippen molar-refractivity contribution < 1.29 is 27.4 Å². The molecule has 20 heavy (non-hydrogen) atoms. The van der Waals surface area contributed by atoms with Crippen molar-refractivity contribution in [3.05, 3.63) is 40.3 Å². The topological polar surface area (TPSA) is 84.3 Å². The summed E-state index contributed by atoms with van der Waals surface area (Å²) in [6.45, 7) is 0. The first-order valence-electron chi connectivity index (χ1n) is 5.32. The fourth-order valence-electron chi connectivity index (χ4n) is 1.42. The summed E-state index contributed by atoms with van der Waals surface area (Å²) in [7, 11) is 1.14. The Morgan fingerprint density at radius 3 is 2.45 bits per heavy atom. The quantitative estimate of drug-likeness (QED) is 0.361. The van der Waals surface area contributed by atoms with Gasteiger partial charge in [0.2, 0.25) is 0 Å². The average molecular weight is 289 g/mol. The van der Waals surface area contributed by atoms with Crippen LogP contribution in [-0.2, 0) is 16.0 Å². The second-order valence-corrected chi connectivity index (χ2v) is 3.64. The van der Waals surface area contributed by atoms with E-state index in [1.54, 1.807) is 0 Å². The van der Waals surface area contributed by atoms with Crippen molar-refractivity contribution in [2.24, 2.45) is 5.11 Å². The molecule has 0 saturated heterocycles. The number of halogens is 3. The van der Waals surface area contributed by atoms with Crippen molar-refractivity contribution >= 4 is 5.97 Å². The van der Waals surface area contributed by atoms with Gasteiger partial charge in [-0.2, -0.15) is 0 Å². The summed E-state index contributed by atoms with van der Waals surface area (Å²) in [6, 6.07) is 3.81. The van der Waals surface area contributed by atoms with Gasteiger partial charge in [-0.15, -0.1) is 13.2 Å². The lowest BCUT2D eigenvalue weighted by atomic mass is 10.1. The molecule has 0 N–H and O–H groups in total. The number of hydrogen-bond acceptors (Lipinski definition) is 4. The van der Waals surface area contributed by atoms with Crippen LogP contribution in [0.15, 0.2) is 29.4 Å². The molecule has 0 radical (unpaired) electrons. The van der Waals surface area contributed by atoms with E-state index in [1.807, 2.05) is 0 Å². The maximum Gasteiger partial charge on any atom is 0.573 e. The molecule has 0 aromatic heterocycles. The molecule has 1 aromatic carbocycles. The van der Waals surface area contributed by atoms with E-state index in [9.17, 15) is 18.0 Å². The summed E-state index contributed by atoms with van der Waals surface area (Å²) in [5.74, 6) is -1.10. The SMILES string of the molecule is COC(=O)C(Cc1ccc(OC(F)(F)F)cc1)N=[N+]=[N-]. The Hall–Kier alpha value is -2.41. The lowest BCUT2D eigenvalue weighted by molar-refractivity contribution is -0.274. The maximum absolute atomic E-state index is 12.0. The standard InChI is InChI=1S/C11H10F3N3O3/c1-19-10(18)9(16-17-15)6-7-2-4-8(5-3-7)20-11(12,13)14/h2-5,9H,6H2,1H3. The predicted octanol–water partition coefficient (Wildman–Crippen LogP) is 2.98. The van der Waals surface area contributed by atoms with E-state index in [1.165, 1.54) is 12.1 Å². The molecule has 1 aromatic rings. The van der Waals surface area contributed by atoms with Crippen LogP contribution in [0, 0.1) is 0 Å². The van der Waals surface area contributed by atoms with Gasteiger partial charge in [0, 0.05) is 4.91 Å². The number of nitrogens with zero attached hydrogens (tertiary/aromatic N) is 3. The first-order chi connectivity index (χ1) is 9.35. The molecule has 0 aliphatic carbocycles. The summed E-state index contributed by atoms with van der Waals surface area (Å²) in [5.41, 5.74) is 8.84. The van der Waals surface area contributed by atoms with Crippen molar-refractivity contribution in [1.29, 1.82) is 0 Å². The van der Waals surface area contributed by atoms with Crippen LogP contribution in [0.5, 0.6) is 5.75 Å². The van der Waals surface area contributed by atoms with E-state index < -0.39 is 18.4 Å². The van der Waals surface area contributed by atoms with Gasteiger partial charge in [-0.25, -0.2) is 0 Å². The monoisotopic (exact) mass is 289 g/mol. The molecule has 0 bridgehead atoms.